The molecule has 5 heteroatoms. The average Bonchev–Trinajstić information content (AvgIpc) is 2.83. The van der Waals surface area contributed by atoms with Crippen LogP contribution < -0.4 is 0 Å². The van der Waals surface area contributed by atoms with Crippen LogP contribution in [0.4, 0.5) is 0 Å². The van der Waals surface area contributed by atoms with E-state index in [1.165, 1.54) is 0 Å². The molecule has 1 aromatic carbocycles. The van der Waals surface area contributed by atoms with Crippen LogP contribution in [0.15, 0.2) is 28.7 Å². The van der Waals surface area contributed by atoms with E-state index in [9.17, 15) is 5.11 Å². The highest BCUT2D eigenvalue weighted by Gasteiger charge is 2.29. The summed E-state index contributed by atoms with van der Waals surface area (Å²) < 4.78 is 11.3. The Hall–Kier alpha value is -1.07. The van der Waals surface area contributed by atoms with Crippen molar-refractivity contribution in [3.05, 3.63) is 35.0 Å². The van der Waals surface area contributed by atoms with E-state index in [4.69, 9.17) is 20.8 Å². The number of aliphatic hydroxyl groups is 1. The van der Waals surface area contributed by atoms with Gasteiger partial charge in [-0.3, -0.25) is 0 Å². The van der Waals surface area contributed by atoms with Gasteiger partial charge in [-0.1, -0.05) is 23.7 Å². The van der Waals surface area contributed by atoms with Gasteiger partial charge in [0.15, 0.2) is 5.58 Å². The molecule has 1 aliphatic heterocycles. The van der Waals surface area contributed by atoms with Crippen molar-refractivity contribution in [2.45, 2.75) is 12.2 Å². The number of furan rings is 1. The number of morpholine rings is 1. The Bertz CT molecular complexity index is 583. The minimum Gasteiger partial charge on any atom is -0.457 e. The molecule has 0 saturated carbocycles. The van der Waals surface area contributed by atoms with Gasteiger partial charge >= 0.3 is 0 Å². The van der Waals surface area contributed by atoms with Gasteiger partial charge in [0.1, 0.15) is 18.0 Å². The number of hydrogen-bond donors (Lipinski definition) is 1. The van der Waals surface area contributed by atoms with Crippen LogP contribution in [0.25, 0.3) is 11.0 Å². The molecule has 102 valence electrons. The largest absolute Gasteiger partial charge is 0.457 e. The molecule has 2 unspecified atom stereocenters. The number of para-hydroxylation sites is 1. The molecular weight excluding hydrogens is 266 g/mol. The topological polar surface area (TPSA) is 45.8 Å². The lowest BCUT2D eigenvalue weighted by atomic mass is 10.1. The molecule has 2 aromatic rings. The molecule has 1 aliphatic rings. The Labute approximate surface area is 116 Å². The number of halogens is 1. The first-order chi connectivity index (χ1) is 9.15. The molecule has 0 bridgehead atoms. The van der Waals surface area contributed by atoms with Crippen LogP contribution >= 0.6 is 11.6 Å². The van der Waals surface area contributed by atoms with Crippen molar-refractivity contribution in [3.63, 3.8) is 0 Å². The van der Waals surface area contributed by atoms with Gasteiger partial charge in [-0.2, -0.15) is 0 Å². The summed E-state index contributed by atoms with van der Waals surface area (Å²) >= 11 is 6.07. The van der Waals surface area contributed by atoms with E-state index in [1.807, 2.05) is 25.2 Å². The number of benzene rings is 1. The molecule has 0 spiro atoms. The zero-order valence-corrected chi connectivity index (χ0v) is 11.4. The summed E-state index contributed by atoms with van der Waals surface area (Å²) in [7, 11) is 2.01. The first-order valence-corrected chi connectivity index (χ1v) is 6.69. The monoisotopic (exact) mass is 281 g/mol. The third-order valence-corrected chi connectivity index (χ3v) is 3.75. The zero-order chi connectivity index (χ0) is 13.4. The number of aliphatic hydroxyl groups excluding tert-OH is 1. The first-order valence-electron chi connectivity index (χ1n) is 6.31. The Morgan fingerprint density at radius 2 is 2.32 bits per heavy atom. The number of fused-ring (bicyclic) bond motifs is 1. The Morgan fingerprint density at radius 3 is 3.05 bits per heavy atom. The molecule has 1 fully saturated rings. The van der Waals surface area contributed by atoms with Gasteiger partial charge in [-0.05, 0) is 19.2 Å². The summed E-state index contributed by atoms with van der Waals surface area (Å²) in [6.07, 6.45) is -1.04. The van der Waals surface area contributed by atoms with Gasteiger partial charge < -0.3 is 19.2 Å². The maximum Gasteiger partial charge on any atom is 0.152 e. The second kappa shape index (κ2) is 5.13. The number of ether oxygens (including phenoxy) is 1. The highest BCUT2D eigenvalue weighted by molar-refractivity contribution is 6.34. The summed E-state index contributed by atoms with van der Waals surface area (Å²) in [5, 5.41) is 11.8. The van der Waals surface area contributed by atoms with Crippen LogP contribution in [0.5, 0.6) is 0 Å². The normalized spacial score (nSPS) is 22.8. The van der Waals surface area contributed by atoms with Crippen molar-refractivity contribution in [3.8, 4) is 0 Å². The molecule has 0 aliphatic carbocycles. The number of likely N-dealkylation sites (N-methyl/N-ethyl adjacent to an activating group) is 1. The standard InChI is InChI=1S/C14H16ClNO3/c1-16-5-6-18-12(8-16)13(17)11-7-9-3-2-4-10(15)14(9)19-11/h2-4,7,12-13,17H,5-6,8H2,1H3. The Morgan fingerprint density at radius 1 is 1.47 bits per heavy atom. The summed E-state index contributed by atoms with van der Waals surface area (Å²) in [6, 6.07) is 7.37. The highest BCUT2D eigenvalue weighted by Crippen LogP contribution is 2.31. The minimum absolute atomic E-state index is 0.266. The number of rotatable bonds is 2. The van der Waals surface area contributed by atoms with E-state index in [-0.39, 0.29) is 6.10 Å². The van der Waals surface area contributed by atoms with Gasteiger partial charge in [0.05, 0.1) is 11.6 Å². The molecule has 0 radical (unpaired) electrons. The van der Waals surface area contributed by atoms with Crippen LogP contribution in [0.3, 0.4) is 0 Å². The highest BCUT2D eigenvalue weighted by atomic mass is 35.5. The van der Waals surface area contributed by atoms with Crippen LogP contribution in [-0.4, -0.2) is 42.9 Å². The average molecular weight is 282 g/mol. The lowest BCUT2D eigenvalue weighted by molar-refractivity contribution is -0.0898. The maximum atomic E-state index is 10.4. The van der Waals surface area contributed by atoms with Crippen molar-refractivity contribution in [1.29, 1.82) is 0 Å². The van der Waals surface area contributed by atoms with Gasteiger partial charge in [-0.25, -0.2) is 0 Å². The van der Waals surface area contributed by atoms with Crippen molar-refractivity contribution in [2.75, 3.05) is 26.7 Å². The molecule has 1 N–H and O–H groups in total. The van der Waals surface area contributed by atoms with E-state index < -0.39 is 6.10 Å². The summed E-state index contributed by atoms with van der Waals surface area (Å²) in [4.78, 5) is 2.13. The fraction of sp³-hybridized carbons (Fsp3) is 0.429. The fourth-order valence-corrected chi connectivity index (χ4v) is 2.60. The van der Waals surface area contributed by atoms with E-state index in [0.717, 1.165) is 11.9 Å². The molecule has 2 atom stereocenters. The minimum atomic E-state index is -0.772. The van der Waals surface area contributed by atoms with Crippen molar-refractivity contribution < 1.29 is 14.3 Å². The van der Waals surface area contributed by atoms with E-state index in [0.29, 0.717) is 29.5 Å². The number of nitrogens with zero attached hydrogens (tertiary/aromatic N) is 1. The molecule has 19 heavy (non-hydrogen) atoms. The zero-order valence-electron chi connectivity index (χ0n) is 10.7. The lowest BCUT2D eigenvalue weighted by Crippen LogP contribution is -2.42. The summed E-state index contributed by atoms with van der Waals surface area (Å²) in [5.74, 6) is 0.503. The smallest absolute Gasteiger partial charge is 0.152 e. The molecular formula is C14H16ClNO3. The SMILES string of the molecule is CN1CCOC(C(O)c2cc3cccc(Cl)c3o2)C1. The lowest BCUT2D eigenvalue weighted by Gasteiger charge is -2.32. The van der Waals surface area contributed by atoms with Crippen LogP contribution in [-0.2, 0) is 4.74 Å². The third-order valence-electron chi connectivity index (χ3n) is 3.46. The molecule has 4 nitrogen and oxygen atoms in total. The van der Waals surface area contributed by atoms with Gasteiger partial charge in [0.2, 0.25) is 0 Å². The van der Waals surface area contributed by atoms with Gasteiger partial charge in [-0.15, -0.1) is 0 Å². The van der Waals surface area contributed by atoms with E-state index in [2.05, 4.69) is 4.90 Å². The number of hydrogen-bond acceptors (Lipinski definition) is 4. The molecule has 3 rings (SSSR count). The summed E-state index contributed by atoms with van der Waals surface area (Å²) in [5.41, 5.74) is 0.613. The quantitative estimate of drug-likeness (QED) is 0.918. The Balaban J connectivity index is 1.88. The second-order valence-electron chi connectivity index (χ2n) is 4.92. The van der Waals surface area contributed by atoms with Crippen molar-refractivity contribution in [2.24, 2.45) is 0 Å². The third kappa shape index (κ3) is 2.49. The maximum absolute atomic E-state index is 10.4. The van der Waals surface area contributed by atoms with Crippen LogP contribution in [0, 0.1) is 0 Å². The van der Waals surface area contributed by atoms with E-state index in [1.54, 1.807) is 6.07 Å². The predicted octanol–water partition coefficient (Wildman–Crippen LogP) is 2.45. The fourth-order valence-electron chi connectivity index (χ4n) is 2.38. The van der Waals surface area contributed by atoms with Crippen LogP contribution in [0.2, 0.25) is 5.02 Å². The van der Waals surface area contributed by atoms with E-state index >= 15 is 0 Å². The van der Waals surface area contributed by atoms with Crippen molar-refractivity contribution >= 4 is 22.6 Å². The van der Waals surface area contributed by atoms with Gasteiger partial charge in [0.25, 0.3) is 0 Å². The molecule has 2 heterocycles. The second-order valence-corrected chi connectivity index (χ2v) is 5.33. The predicted molar refractivity (Wildman–Crippen MR) is 73.4 cm³/mol. The van der Waals surface area contributed by atoms with Crippen LogP contribution in [0.1, 0.15) is 11.9 Å². The molecule has 1 aromatic heterocycles. The van der Waals surface area contributed by atoms with Gasteiger partial charge in [0, 0.05) is 18.5 Å². The summed E-state index contributed by atoms with van der Waals surface area (Å²) in [6.45, 7) is 2.19. The molecule has 0 amide bonds. The first kappa shape index (κ1) is 12.9. The Kier molecular flexibility index (Phi) is 3.50. The molecule has 1 saturated heterocycles. The van der Waals surface area contributed by atoms with Crippen molar-refractivity contribution in [1.82, 2.24) is 4.90 Å².